The molecule has 2 N–H and O–H groups in total. The second-order valence-corrected chi connectivity index (χ2v) is 5.81. The van der Waals surface area contributed by atoms with Crippen molar-refractivity contribution in [3.63, 3.8) is 0 Å². The van der Waals surface area contributed by atoms with Gasteiger partial charge in [0.1, 0.15) is 0 Å². The van der Waals surface area contributed by atoms with Crippen LogP contribution in [-0.2, 0) is 23.0 Å². The van der Waals surface area contributed by atoms with Gasteiger partial charge in [0.2, 0.25) is 5.91 Å². The molecule has 0 bridgehead atoms. The zero-order chi connectivity index (χ0) is 16.9. The van der Waals surface area contributed by atoms with E-state index in [1.54, 1.807) is 18.0 Å². The minimum atomic E-state index is -0.196. The van der Waals surface area contributed by atoms with Gasteiger partial charge < -0.3 is 15.0 Å². The van der Waals surface area contributed by atoms with Gasteiger partial charge in [-0.05, 0) is 24.1 Å². The molecule has 0 aliphatic heterocycles. The Morgan fingerprint density at radius 1 is 1.38 bits per heavy atom. The van der Waals surface area contributed by atoms with E-state index in [0.29, 0.717) is 19.4 Å². The normalized spacial score (nSPS) is 12.4. The van der Waals surface area contributed by atoms with E-state index in [1.807, 2.05) is 37.5 Å². The Bertz CT molecular complexity index is 821. The molecule has 3 rings (SSSR count). The van der Waals surface area contributed by atoms with E-state index < -0.39 is 0 Å². The highest BCUT2D eigenvalue weighted by Gasteiger charge is 2.17. The number of carbonyl (C=O) groups excluding carboxylic acids is 1. The van der Waals surface area contributed by atoms with E-state index in [0.717, 1.165) is 16.8 Å². The summed E-state index contributed by atoms with van der Waals surface area (Å²) < 4.78 is 6.98. The van der Waals surface area contributed by atoms with Crippen molar-refractivity contribution in [2.45, 2.75) is 18.9 Å². The molecule has 2 heterocycles. The first kappa shape index (κ1) is 16.3. The number of para-hydroxylation sites is 1. The number of hydrogen-bond acceptors (Lipinski definition) is 3. The van der Waals surface area contributed by atoms with Crippen molar-refractivity contribution in [1.82, 2.24) is 20.1 Å². The molecule has 0 aliphatic rings. The van der Waals surface area contributed by atoms with Gasteiger partial charge in [-0.15, -0.1) is 0 Å². The highest BCUT2D eigenvalue weighted by molar-refractivity contribution is 5.84. The number of amides is 1. The number of H-pyrrole nitrogens is 1. The van der Waals surface area contributed by atoms with Crippen LogP contribution in [0.1, 0.15) is 23.7 Å². The number of nitrogens with zero attached hydrogens (tertiary/aromatic N) is 2. The molecule has 6 nitrogen and oxygen atoms in total. The van der Waals surface area contributed by atoms with E-state index in [9.17, 15) is 4.79 Å². The predicted molar refractivity (Wildman–Crippen MR) is 92.6 cm³/mol. The molecule has 1 amide bonds. The lowest BCUT2D eigenvalue weighted by Crippen LogP contribution is -2.32. The van der Waals surface area contributed by atoms with Crippen LogP contribution in [0, 0.1) is 0 Å². The Hall–Kier alpha value is -2.60. The van der Waals surface area contributed by atoms with Crippen molar-refractivity contribution in [2.24, 2.45) is 7.05 Å². The molecule has 0 radical (unpaired) electrons. The van der Waals surface area contributed by atoms with Crippen molar-refractivity contribution in [3.05, 3.63) is 54.0 Å². The monoisotopic (exact) mass is 326 g/mol. The Kier molecular flexibility index (Phi) is 4.96. The summed E-state index contributed by atoms with van der Waals surface area (Å²) in [5, 5.41) is 8.36. The standard InChI is InChI=1S/C18H22N4O2/c1-22-17(9-10-20-22)16(12-24-2)21-18(23)8-7-13-11-19-15-6-4-3-5-14(13)15/h3-6,9-11,16,19H,7-8,12H2,1-2H3,(H,21,23)/t16-/m1/s1. The summed E-state index contributed by atoms with van der Waals surface area (Å²) in [6.45, 7) is 0.415. The molecule has 0 unspecified atom stereocenters. The third-order valence-corrected chi connectivity index (χ3v) is 4.18. The van der Waals surface area contributed by atoms with Gasteiger partial charge in [0.25, 0.3) is 0 Å². The minimum absolute atomic E-state index is 0.00327. The first-order valence-corrected chi connectivity index (χ1v) is 8.00. The van der Waals surface area contributed by atoms with Gasteiger partial charge in [-0.2, -0.15) is 5.10 Å². The SMILES string of the molecule is COC[C@@H](NC(=O)CCc1c[nH]c2ccccc12)c1ccnn1C. The van der Waals surface area contributed by atoms with Crippen molar-refractivity contribution >= 4 is 16.8 Å². The second-order valence-electron chi connectivity index (χ2n) is 5.81. The van der Waals surface area contributed by atoms with Crippen LogP contribution >= 0.6 is 0 Å². The summed E-state index contributed by atoms with van der Waals surface area (Å²) in [7, 11) is 3.48. The fourth-order valence-corrected chi connectivity index (χ4v) is 2.95. The van der Waals surface area contributed by atoms with Crippen LogP contribution in [-0.4, -0.2) is 34.4 Å². The fourth-order valence-electron chi connectivity index (χ4n) is 2.95. The number of ether oxygens (including phenoxy) is 1. The van der Waals surface area contributed by atoms with Crippen LogP contribution in [0.4, 0.5) is 0 Å². The number of carbonyl (C=O) groups is 1. The third kappa shape index (κ3) is 3.49. The molecule has 126 valence electrons. The number of hydrogen-bond donors (Lipinski definition) is 2. The van der Waals surface area contributed by atoms with Crippen LogP contribution in [0.5, 0.6) is 0 Å². The number of aryl methyl sites for hydroxylation is 2. The maximum Gasteiger partial charge on any atom is 0.220 e. The maximum atomic E-state index is 12.4. The topological polar surface area (TPSA) is 71.9 Å². The van der Waals surface area contributed by atoms with E-state index >= 15 is 0 Å². The molecule has 0 aliphatic carbocycles. The molecular weight excluding hydrogens is 304 g/mol. The minimum Gasteiger partial charge on any atom is -0.382 e. The Morgan fingerprint density at radius 3 is 2.96 bits per heavy atom. The molecule has 24 heavy (non-hydrogen) atoms. The molecule has 1 aromatic carbocycles. The fraction of sp³-hybridized carbons (Fsp3) is 0.333. The summed E-state index contributed by atoms with van der Waals surface area (Å²) in [5.41, 5.74) is 3.18. The Morgan fingerprint density at radius 2 is 2.21 bits per heavy atom. The van der Waals surface area contributed by atoms with Gasteiger partial charge in [-0.25, -0.2) is 0 Å². The average molecular weight is 326 g/mol. The lowest BCUT2D eigenvalue weighted by atomic mass is 10.1. The van der Waals surface area contributed by atoms with Gasteiger partial charge >= 0.3 is 0 Å². The predicted octanol–water partition coefficient (Wildman–Crippen LogP) is 2.34. The summed E-state index contributed by atoms with van der Waals surface area (Å²) in [6.07, 6.45) is 4.82. The Balaban J connectivity index is 1.63. The maximum absolute atomic E-state index is 12.4. The lowest BCUT2D eigenvalue weighted by Gasteiger charge is -2.18. The highest BCUT2D eigenvalue weighted by Crippen LogP contribution is 2.19. The van der Waals surface area contributed by atoms with Crippen LogP contribution in [0.3, 0.4) is 0 Å². The molecule has 1 atom stereocenters. The number of aromatic amines is 1. The second kappa shape index (κ2) is 7.31. The molecule has 6 heteroatoms. The van der Waals surface area contributed by atoms with Gasteiger partial charge in [-0.1, -0.05) is 18.2 Å². The van der Waals surface area contributed by atoms with Crippen molar-refractivity contribution in [3.8, 4) is 0 Å². The van der Waals surface area contributed by atoms with Crippen LogP contribution in [0.25, 0.3) is 10.9 Å². The molecule has 0 fully saturated rings. The molecule has 3 aromatic rings. The highest BCUT2D eigenvalue weighted by atomic mass is 16.5. The summed E-state index contributed by atoms with van der Waals surface area (Å²) in [5.74, 6) is 0.00327. The van der Waals surface area contributed by atoms with Gasteiger partial charge in [-0.3, -0.25) is 9.48 Å². The lowest BCUT2D eigenvalue weighted by molar-refractivity contribution is -0.122. The molecular formula is C18H22N4O2. The van der Waals surface area contributed by atoms with Crippen LogP contribution < -0.4 is 5.32 Å². The molecule has 0 spiro atoms. The van der Waals surface area contributed by atoms with Gasteiger partial charge in [0, 0.05) is 43.9 Å². The van der Waals surface area contributed by atoms with E-state index in [-0.39, 0.29) is 11.9 Å². The number of fused-ring (bicyclic) bond motifs is 1. The molecule has 2 aromatic heterocycles. The van der Waals surface area contributed by atoms with E-state index in [1.165, 1.54) is 5.39 Å². The smallest absolute Gasteiger partial charge is 0.220 e. The number of aromatic nitrogens is 3. The first-order valence-electron chi connectivity index (χ1n) is 8.00. The largest absolute Gasteiger partial charge is 0.382 e. The third-order valence-electron chi connectivity index (χ3n) is 4.18. The molecule has 0 saturated carbocycles. The van der Waals surface area contributed by atoms with E-state index in [2.05, 4.69) is 21.5 Å². The zero-order valence-corrected chi connectivity index (χ0v) is 14.0. The van der Waals surface area contributed by atoms with Gasteiger partial charge in [0.15, 0.2) is 0 Å². The zero-order valence-electron chi connectivity index (χ0n) is 14.0. The summed E-state index contributed by atoms with van der Waals surface area (Å²) in [4.78, 5) is 15.6. The number of benzene rings is 1. The number of nitrogens with one attached hydrogen (secondary N) is 2. The Labute approximate surface area is 140 Å². The van der Waals surface area contributed by atoms with Crippen LogP contribution in [0.2, 0.25) is 0 Å². The summed E-state index contributed by atoms with van der Waals surface area (Å²) >= 11 is 0. The van der Waals surface area contributed by atoms with Crippen molar-refractivity contribution in [1.29, 1.82) is 0 Å². The van der Waals surface area contributed by atoms with E-state index in [4.69, 9.17) is 4.74 Å². The van der Waals surface area contributed by atoms with Crippen molar-refractivity contribution < 1.29 is 9.53 Å². The first-order chi connectivity index (χ1) is 11.7. The van der Waals surface area contributed by atoms with Crippen LogP contribution in [0.15, 0.2) is 42.7 Å². The number of methoxy groups -OCH3 is 1. The number of rotatable bonds is 7. The summed E-state index contributed by atoms with van der Waals surface area (Å²) in [6, 6.07) is 9.81. The van der Waals surface area contributed by atoms with Gasteiger partial charge in [0.05, 0.1) is 18.3 Å². The quantitative estimate of drug-likeness (QED) is 0.700. The molecule has 0 saturated heterocycles. The van der Waals surface area contributed by atoms with Crippen molar-refractivity contribution in [2.75, 3.05) is 13.7 Å². The average Bonchev–Trinajstić information content (AvgIpc) is 3.19.